The summed E-state index contributed by atoms with van der Waals surface area (Å²) < 4.78 is 2.67. The molecule has 2 aromatic heterocycles. The summed E-state index contributed by atoms with van der Waals surface area (Å²) in [5.41, 5.74) is 3.44. The molecule has 6 heteroatoms. The third-order valence-corrected chi connectivity index (χ3v) is 5.63. The fraction of sp³-hybridized carbons (Fsp3) is 0. The molecular weight excluding hydrogens is 434 g/mol. The van der Waals surface area contributed by atoms with Gasteiger partial charge in [-0.15, -0.1) is 11.3 Å². The lowest BCUT2D eigenvalue weighted by atomic mass is 10.2. The molecule has 0 fully saturated rings. The number of carbonyl (C=O) groups is 1. The molecule has 1 amide bonds. The van der Waals surface area contributed by atoms with Gasteiger partial charge in [0.15, 0.2) is 0 Å². The van der Waals surface area contributed by atoms with Gasteiger partial charge < -0.3 is 5.32 Å². The fourth-order valence-corrected chi connectivity index (χ4v) is 3.84. The van der Waals surface area contributed by atoms with Gasteiger partial charge in [0.1, 0.15) is 5.69 Å². The zero-order valence-electron chi connectivity index (χ0n) is 14.7. The number of nitrogens with zero attached hydrogens (tertiary/aromatic N) is 2. The summed E-state index contributed by atoms with van der Waals surface area (Å²) in [4.78, 5) is 13.4. The highest BCUT2D eigenvalue weighted by molar-refractivity contribution is 9.10. The molecule has 1 N–H and O–H groups in total. The van der Waals surface area contributed by atoms with Crippen LogP contribution in [-0.2, 0) is 4.79 Å². The Morgan fingerprint density at radius 2 is 1.82 bits per heavy atom. The number of hydrogen-bond acceptors (Lipinski definition) is 3. The molecule has 2 aromatic carbocycles. The number of aromatic nitrogens is 2. The Morgan fingerprint density at radius 1 is 1.04 bits per heavy atom. The maximum Gasteiger partial charge on any atom is 0.248 e. The van der Waals surface area contributed by atoms with Gasteiger partial charge in [0.25, 0.3) is 0 Å². The van der Waals surface area contributed by atoms with Crippen LogP contribution in [0.3, 0.4) is 0 Å². The number of carbonyl (C=O) groups excluding carboxylic acids is 1. The molecule has 0 radical (unpaired) electrons. The van der Waals surface area contributed by atoms with Crippen molar-refractivity contribution in [2.75, 3.05) is 5.32 Å². The molecule has 0 spiro atoms. The van der Waals surface area contributed by atoms with Gasteiger partial charge >= 0.3 is 0 Å². The number of thiophene rings is 1. The van der Waals surface area contributed by atoms with E-state index >= 15 is 0 Å². The van der Waals surface area contributed by atoms with E-state index in [1.165, 1.54) is 6.08 Å². The lowest BCUT2D eigenvalue weighted by molar-refractivity contribution is -0.111. The van der Waals surface area contributed by atoms with Crippen LogP contribution in [0.5, 0.6) is 0 Å². The summed E-state index contributed by atoms with van der Waals surface area (Å²) in [6.07, 6.45) is 5.27. The molecule has 0 aliphatic heterocycles. The van der Waals surface area contributed by atoms with Crippen LogP contribution in [0.4, 0.5) is 5.69 Å². The van der Waals surface area contributed by atoms with Gasteiger partial charge in [0.2, 0.25) is 5.91 Å². The summed E-state index contributed by atoms with van der Waals surface area (Å²) in [5.74, 6) is -0.198. The minimum atomic E-state index is -0.198. The van der Waals surface area contributed by atoms with Crippen molar-refractivity contribution in [3.8, 4) is 16.3 Å². The van der Waals surface area contributed by atoms with Gasteiger partial charge in [-0.1, -0.05) is 36.4 Å². The maximum absolute atomic E-state index is 12.4. The Morgan fingerprint density at radius 3 is 2.57 bits per heavy atom. The van der Waals surface area contributed by atoms with Crippen LogP contribution < -0.4 is 5.32 Å². The lowest BCUT2D eigenvalue weighted by Gasteiger charge is -2.03. The third-order valence-electron chi connectivity index (χ3n) is 4.06. The Labute approximate surface area is 175 Å². The number of nitrogens with one attached hydrogen (secondary N) is 1. The van der Waals surface area contributed by atoms with Crippen LogP contribution >= 0.6 is 27.3 Å². The van der Waals surface area contributed by atoms with Crippen molar-refractivity contribution in [1.82, 2.24) is 9.78 Å². The smallest absolute Gasteiger partial charge is 0.248 e. The fourth-order valence-electron chi connectivity index (χ4n) is 2.73. The molecule has 0 atom stereocenters. The molecule has 0 saturated heterocycles. The SMILES string of the molecule is O=C(/C=C/c1cn(-c2ccccc2)nc1-c1cccs1)Nc1ccccc1Br. The second-order valence-electron chi connectivity index (χ2n) is 5.99. The first kappa shape index (κ1) is 18.4. The Bertz CT molecular complexity index is 1120. The van der Waals surface area contributed by atoms with E-state index < -0.39 is 0 Å². The van der Waals surface area contributed by atoms with E-state index in [0.29, 0.717) is 0 Å². The number of rotatable bonds is 5. The highest BCUT2D eigenvalue weighted by atomic mass is 79.9. The van der Waals surface area contributed by atoms with E-state index in [0.717, 1.165) is 32.0 Å². The first-order chi connectivity index (χ1) is 13.7. The van der Waals surface area contributed by atoms with E-state index in [1.54, 1.807) is 17.4 Å². The normalized spacial score (nSPS) is 11.0. The predicted octanol–water partition coefficient (Wildman–Crippen LogP) is 6.02. The van der Waals surface area contributed by atoms with Crippen molar-refractivity contribution in [3.05, 3.63) is 94.4 Å². The van der Waals surface area contributed by atoms with Gasteiger partial charge in [-0.05, 0) is 57.7 Å². The Kier molecular flexibility index (Phi) is 5.50. The standard InChI is InChI=1S/C22H16BrN3OS/c23-18-9-4-5-10-19(18)24-21(27)13-12-16-15-26(17-7-2-1-3-8-17)25-22(16)20-11-6-14-28-20/h1-15H,(H,24,27)/b13-12+. The second-order valence-corrected chi connectivity index (χ2v) is 7.79. The van der Waals surface area contributed by atoms with Crippen LogP contribution in [0.2, 0.25) is 0 Å². The third kappa shape index (κ3) is 4.13. The summed E-state index contributed by atoms with van der Waals surface area (Å²) in [6.45, 7) is 0. The van der Waals surface area contributed by atoms with E-state index in [9.17, 15) is 4.79 Å². The van der Waals surface area contributed by atoms with Gasteiger partial charge in [0.05, 0.1) is 16.3 Å². The summed E-state index contributed by atoms with van der Waals surface area (Å²) in [6, 6.07) is 21.5. The van der Waals surface area contributed by atoms with E-state index in [2.05, 4.69) is 21.2 Å². The van der Waals surface area contributed by atoms with E-state index in [1.807, 2.05) is 83.0 Å². The number of benzene rings is 2. The van der Waals surface area contributed by atoms with Gasteiger partial charge in [-0.2, -0.15) is 5.10 Å². The van der Waals surface area contributed by atoms with Crippen LogP contribution in [0, 0.1) is 0 Å². The average Bonchev–Trinajstić information content (AvgIpc) is 3.38. The van der Waals surface area contributed by atoms with Crippen LogP contribution in [0.15, 0.2) is 88.9 Å². The molecule has 4 rings (SSSR count). The molecule has 0 unspecified atom stereocenters. The Hall–Kier alpha value is -2.96. The van der Waals surface area contributed by atoms with Crippen molar-refractivity contribution in [1.29, 1.82) is 0 Å². The first-order valence-electron chi connectivity index (χ1n) is 8.63. The van der Waals surface area contributed by atoms with Crippen LogP contribution in [0.25, 0.3) is 22.3 Å². The van der Waals surface area contributed by atoms with E-state index in [4.69, 9.17) is 5.10 Å². The average molecular weight is 450 g/mol. The number of halogens is 1. The quantitative estimate of drug-likeness (QED) is 0.378. The molecule has 0 aliphatic rings. The summed E-state index contributed by atoms with van der Waals surface area (Å²) in [7, 11) is 0. The van der Waals surface area contributed by atoms with Crippen molar-refractivity contribution in [2.24, 2.45) is 0 Å². The summed E-state index contributed by atoms with van der Waals surface area (Å²) >= 11 is 5.06. The molecular formula is C22H16BrN3OS. The lowest BCUT2D eigenvalue weighted by Crippen LogP contribution is -2.08. The molecule has 4 aromatic rings. The van der Waals surface area contributed by atoms with Crippen LogP contribution in [-0.4, -0.2) is 15.7 Å². The number of anilines is 1. The highest BCUT2D eigenvalue weighted by Gasteiger charge is 2.12. The predicted molar refractivity (Wildman–Crippen MR) is 119 cm³/mol. The van der Waals surface area contributed by atoms with E-state index in [-0.39, 0.29) is 5.91 Å². The second kappa shape index (κ2) is 8.37. The molecule has 0 saturated carbocycles. The van der Waals surface area contributed by atoms with Crippen LogP contribution in [0.1, 0.15) is 5.56 Å². The molecule has 138 valence electrons. The maximum atomic E-state index is 12.4. The number of para-hydroxylation sites is 2. The van der Waals surface area contributed by atoms with Gasteiger partial charge in [-0.3, -0.25) is 4.79 Å². The molecule has 2 heterocycles. The number of hydrogen-bond donors (Lipinski definition) is 1. The molecule has 0 aliphatic carbocycles. The Balaban J connectivity index is 1.63. The number of amides is 1. The first-order valence-corrected chi connectivity index (χ1v) is 10.3. The van der Waals surface area contributed by atoms with Crippen molar-refractivity contribution >= 4 is 44.9 Å². The minimum Gasteiger partial charge on any atom is -0.321 e. The highest BCUT2D eigenvalue weighted by Crippen LogP contribution is 2.28. The van der Waals surface area contributed by atoms with Crippen molar-refractivity contribution in [3.63, 3.8) is 0 Å². The van der Waals surface area contributed by atoms with Gasteiger partial charge in [-0.25, -0.2) is 4.68 Å². The van der Waals surface area contributed by atoms with Gasteiger partial charge in [0, 0.05) is 22.3 Å². The topological polar surface area (TPSA) is 46.9 Å². The minimum absolute atomic E-state index is 0.198. The molecule has 0 bridgehead atoms. The van der Waals surface area contributed by atoms with Crippen molar-refractivity contribution in [2.45, 2.75) is 0 Å². The zero-order chi connectivity index (χ0) is 19.3. The monoisotopic (exact) mass is 449 g/mol. The summed E-state index contributed by atoms with van der Waals surface area (Å²) in [5, 5.41) is 9.63. The molecule has 28 heavy (non-hydrogen) atoms. The molecule has 4 nitrogen and oxygen atoms in total. The van der Waals surface area contributed by atoms with Crippen molar-refractivity contribution < 1.29 is 4.79 Å². The largest absolute Gasteiger partial charge is 0.321 e. The zero-order valence-corrected chi connectivity index (χ0v) is 17.2.